The van der Waals surface area contributed by atoms with Crippen molar-refractivity contribution in [2.75, 3.05) is 0 Å². The average Bonchev–Trinajstić information content (AvgIpc) is 1.93. The van der Waals surface area contributed by atoms with Gasteiger partial charge in [-0.1, -0.05) is 26.2 Å². The third-order valence-electron chi connectivity index (χ3n) is 2.75. The molecule has 64 valence electrons. The number of amides is 1. The maximum Gasteiger partial charge on any atom is 0.217 e. The third kappa shape index (κ3) is 2.52. The van der Waals surface area contributed by atoms with Crippen LogP contribution in [0.5, 0.6) is 0 Å². The summed E-state index contributed by atoms with van der Waals surface area (Å²) in [5.41, 5.74) is 5.15. The van der Waals surface area contributed by atoms with E-state index in [2.05, 4.69) is 6.92 Å². The molecule has 1 fully saturated rings. The van der Waals surface area contributed by atoms with Crippen molar-refractivity contribution in [3.8, 4) is 0 Å². The molecule has 2 atom stereocenters. The van der Waals surface area contributed by atoms with Gasteiger partial charge >= 0.3 is 0 Å². The topological polar surface area (TPSA) is 43.1 Å². The van der Waals surface area contributed by atoms with Gasteiger partial charge in [0.05, 0.1) is 0 Å². The molecule has 0 bridgehead atoms. The largest absolute Gasteiger partial charge is 0.370 e. The predicted octanol–water partition coefficient (Wildman–Crippen LogP) is 1.69. The minimum Gasteiger partial charge on any atom is -0.370 e. The van der Waals surface area contributed by atoms with Gasteiger partial charge in [0, 0.05) is 6.42 Å². The summed E-state index contributed by atoms with van der Waals surface area (Å²) in [6.45, 7) is 2.23. The van der Waals surface area contributed by atoms with Gasteiger partial charge in [-0.25, -0.2) is 0 Å². The van der Waals surface area contributed by atoms with Crippen molar-refractivity contribution in [1.29, 1.82) is 0 Å². The first kappa shape index (κ1) is 8.57. The van der Waals surface area contributed by atoms with Gasteiger partial charge in [-0.15, -0.1) is 0 Å². The van der Waals surface area contributed by atoms with Crippen molar-refractivity contribution >= 4 is 5.91 Å². The quantitative estimate of drug-likeness (QED) is 0.648. The van der Waals surface area contributed by atoms with Crippen LogP contribution in [0.1, 0.15) is 39.0 Å². The standard InChI is InChI=1S/C9H17NO/c1-7-4-2-3-5-8(7)6-9(10)11/h7-8H,2-6H2,1H3,(H2,10,11)/t7-,8+/m1/s1. The van der Waals surface area contributed by atoms with E-state index in [0.717, 1.165) is 0 Å². The number of hydrogen-bond acceptors (Lipinski definition) is 1. The van der Waals surface area contributed by atoms with E-state index < -0.39 is 0 Å². The Balaban J connectivity index is 2.35. The fourth-order valence-corrected chi connectivity index (χ4v) is 1.95. The van der Waals surface area contributed by atoms with Gasteiger partial charge in [-0.05, 0) is 18.3 Å². The fourth-order valence-electron chi connectivity index (χ4n) is 1.95. The van der Waals surface area contributed by atoms with Gasteiger partial charge in [0.15, 0.2) is 0 Å². The summed E-state index contributed by atoms with van der Waals surface area (Å²) in [5.74, 6) is 1.14. The van der Waals surface area contributed by atoms with Crippen molar-refractivity contribution in [1.82, 2.24) is 0 Å². The van der Waals surface area contributed by atoms with Crippen LogP contribution in [0, 0.1) is 11.8 Å². The zero-order chi connectivity index (χ0) is 8.27. The van der Waals surface area contributed by atoms with E-state index in [-0.39, 0.29) is 5.91 Å². The monoisotopic (exact) mass is 155 g/mol. The Labute approximate surface area is 68.2 Å². The number of nitrogens with two attached hydrogens (primary N) is 1. The molecule has 0 aliphatic heterocycles. The van der Waals surface area contributed by atoms with E-state index in [4.69, 9.17) is 5.73 Å². The molecule has 0 radical (unpaired) electrons. The molecule has 2 nitrogen and oxygen atoms in total. The van der Waals surface area contributed by atoms with E-state index >= 15 is 0 Å². The molecular formula is C9H17NO. The first-order chi connectivity index (χ1) is 5.20. The van der Waals surface area contributed by atoms with E-state index in [1.165, 1.54) is 25.7 Å². The second kappa shape index (κ2) is 3.74. The van der Waals surface area contributed by atoms with Gasteiger partial charge in [0.1, 0.15) is 0 Å². The zero-order valence-corrected chi connectivity index (χ0v) is 7.18. The van der Waals surface area contributed by atoms with Gasteiger partial charge in [0.25, 0.3) is 0 Å². The lowest BCUT2D eigenvalue weighted by atomic mass is 9.78. The van der Waals surface area contributed by atoms with Gasteiger partial charge < -0.3 is 5.73 Å². The molecule has 0 aromatic rings. The summed E-state index contributed by atoms with van der Waals surface area (Å²) in [7, 11) is 0. The highest BCUT2D eigenvalue weighted by atomic mass is 16.1. The van der Waals surface area contributed by atoms with Crippen LogP contribution in [-0.2, 0) is 4.79 Å². The van der Waals surface area contributed by atoms with Crippen LogP contribution in [0.25, 0.3) is 0 Å². The van der Waals surface area contributed by atoms with Gasteiger partial charge in [-0.2, -0.15) is 0 Å². The molecule has 1 aliphatic rings. The second-order valence-electron chi connectivity index (χ2n) is 3.69. The second-order valence-corrected chi connectivity index (χ2v) is 3.69. The fraction of sp³-hybridized carbons (Fsp3) is 0.889. The molecule has 0 heterocycles. The summed E-state index contributed by atoms with van der Waals surface area (Å²) < 4.78 is 0. The number of carbonyl (C=O) groups is 1. The third-order valence-corrected chi connectivity index (χ3v) is 2.75. The van der Waals surface area contributed by atoms with Crippen molar-refractivity contribution in [3.05, 3.63) is 0 Å². The average molecular weight is 155 g/mol. The Hall–Kier alpha value is -0.530. The first-order valence-electron chi connectivity index (χ1n) is 4.48. The predicted molar refractivity (Wildman–Crippen MR) is 44.9 cm³/mol. The van der Waals surface area contributed by atoms with E-state index in [9.17, 15) is 4.79 Å². The molecule has 0 aromatic carbocycles. The van der Waals surface area contributed by atoms with Crippen LogP contribution >= 0.6 is 0 Å². The van der Waals surface area contributed by atoms with Gasteiger partial charge in [0.2, 0.25) is 5.91 Å². The Morgan fingerprint density at radius 2 is 2.09 bits per heavy atom. The molecule has 11 heavy (non-hydrogen) atoms. The smallest absolute Gasteiger partial charge is 0.217 e. The lowest BCUT2D eigenvalue weighted by Crippen LogP contribution is -2.23. The first-order valence-corrected chi connectivity index (χ1v) is 4.48. The molecule has 0 aromatic heterocycles. The van der Waals surface area contributed by atoms with Crippen LogP contribution < -0.4 is 5.73 Å². The Bertz CT molecular complexity index is 144. The minimum absolute atomic E-state index is 0.135. The van der Waals surface area contributed by atoms with E-state index in [1.807, 2.05) is 0 Å². The van der Waals surface area contributed by atoms with Crippen LogP contribution in [-0.4, -0.2) is 5.91 Å². The van der Waals surface area contributed by atoms with Crippen LogP contribution in [0.3, 0.4) is 0 Å². The van der Waals surface area contributed by atoms with E-state index in [1.54, 1.807) is 0 Å². The summed E-state index contributed by atoms with van der Waals surface area (Å²) in [6.07, 6.45) is 5.68. The SMILES string of the molecule is C[C@@H]1CCCC[C@H]1CC(N)=O. The van der Waals surface area contributed by atoms with E-state index in [0.29, 0.717) is 18.3 Å². The molecular weight excluding hydrogens is 138 g/mol. The Morgan fingerprint density at radius 1 is 1.45 bits per heavy atom. The summed E-state index contributed by atoms with van der Waals surface area (Å²) >= 11 is 0. The molecule has 1 rings (SSSR count). The molecule has 1 amide bonds. The molecule has 0 unspecified atom stereocenters. The normalized spacial score (nSPS) is 31.7. The van der Waals surface area contributed by atoms with Gasteiger partial charge in [-0.3, -0.25) is 4.79 Å². The van der Waals surface area contributed by atoms with Crippen LogP contribution in [0.2, 0.25) is 0 Å². The highest BCUT2D eigenvalue weighted by Crippen LogP contribution is 2.31. The lowest BCUT2D eigenvalue weighted by molar-refractivity contribution is -0.119. The number of carbonyl (C=O) groups excluding carboxylic acids is 1. The molecule has 1 aliphatic carbocycles. The maximum absolute atomic E-state index is 10.6. The molecule has 0 spiro atoms. The summed E-state index contributed by atoms with van der Waals surface area (Å²) in [4.78, 5) is 10.6. The molecule has 0 saturated heterocycles. The van der Waals surface area contributed by atoms with Crippen molar-refractivity contribution in [2.24, 2.45) is 17.6 Å². The van der Waals surface area contributed by atoms with Crippen molar-refractivity contribution < 1.29 is 4.79 Å². The minimum atomic E-state index is -0.135. The van der Waals surface area contributed by atoms with Crippen LogP contribution in [0.15, 0.2) is 0 Å². The maximum atomic E-state index is 10.6. The number of hydrogen-bond donors (Lipinski definition) is 1. The zero-order valence-electron chi connectivity index (χ0n) is 7.18. The highest BCUT2D eigenvalue weighted by molar-refractivity contribution is 5.74. The van der Waals surface area contributed by atoms with Crippen molar-refractivity contribution in [2.45, 2.75) is 39.0 Å². The Morgan fingerprint density at radius 3 is 2.64 bits per heavy atom. The summed E-state index contributed by atoms with van der Waals surface area (Å²) in [5, 5.41) is 0. The lowest BCUT2D eigenvalue weighted by Gasteiger charge is -2.27. The number of rotatable bonds is 2. The molecule has 2 heteroatoms. The van der Waals surface area contributed by atoms with Crippen LogP contribution in [0.4, 0.5) is 0 Å². The molecule has 1 saturated carbocycles. The molecule has 2 N–H and O–H groups in total. The number of primary amides is 1. The Kier molecular flexibility index (Phi) is 2.92. The highest BCUT2D eigenvalue weighted by Gasteiger charge is 2.22. The summed E-state index contributed by atoms with van der Waals surface area (Å²) in [6, 6.07) is 0. The van der Waals surface area contributed by atoms with Crippen molar-refractivity contribution in [3.63, 3.8) is 0 Å².